The summed E-state index contributed by atoms with van der Waals surface area (Å²) in [6.07, 6.45) is 4.13. The Morgan fingerprint density at radius 1 is 1.13 bits per heavy atom. The van der Waals surface area contributed by atoms with E-state index in [0.717, 1.165) is 40.3 Å². The lowest BCUT2D eigenvalue weighted by Gasteiger charge is -2.09. The van der Waals surface area contributed by atoms with Gasteiger partial charge in [0.05, 0.1) is 5.75 Å². The molecule has 0 aliphatic heterocycles. The number of nitrogens with one attached hydrogen (secondary N) is 2. The van der Waals surface area contributed by atoms with Crippen LogP contribution in [0.5, 0.6) is 0 Å². The highest BCUT2D eigenvalue weighted by Crippen LogP contribution is 2.42. The molecule has 4 aromatic rings. The van der Waals surface area contributed by atoms with Crippen LogP contribution in [0, 0.1) is 0 Å². The van der Waals surface area contributed by atoms with Gasteiger partial charge in [-0.15, -0.1) is 10.2 Å². The molecule has 1 fully saturated rings. The molecule has 2 aromatic heterocycles. The van der Waals surface area contributed by atoms with Crippen LogP contribution in [0.25, 0.3) is 22.3 Å². The average Bonchev–Trinajstić information content (AvgIpc) is 3.38. The lowest BCUT2D eigenvalue weighted by molar-refractivity contribution is -0.113. The van der Waals surface area contributed by atoms with Gasteiger partial charge in [0.25, 0.3) is 0 Å². The van der Waals surface area contributed by atoms with Crippen molar-refractivity contribution in [2.24, 2.45) is 5.73 Å². The minimum Gasteiger partial charge on any atom is -0.366 e. The van der Waals surface area contributed by atoms with Crippen molar-refractivity contribution in [3.63, 3.8) is 0 Å². The Balaban J connectivity index is 1.32. The fraction of sp³-hybridized carbons (Fsp3) is 0.182. The molecule has 1 aliphatic rings. The molecular weight excluding hydrogens is 412 g/mol. The number of aromatic amines is 1. The molecule has 156 valence electrons. The van der Waals surface area contributed by atoms with E-state index in [1.807, 2.05) is 24.4 Å². The smallest absolute Gasteiger partial charge is 0.248 e. The predicted molar refractivity (Wildman–Crippen MR) is 120 cm³/mol. The zero-order valence-corrected chi connectivity index (χ0v) is 17.4. The van der Waals surface area contributed by atoms with Crippen molar-refractivity contribution in [3.8, 4) is 11.4 Å². The molecule has 1 aliphatic carbocycles. The number of nitrogens with two attached hydrogens (primary N) is 1. The predicted octanol–water partition coefficient (Wildman–Crippen LogP) is 3.59. The first kappa shape index (κ1) is 19.4. The largest absolute Gasteiger partial charge is 0.366 e. The molecule has 0 bridgehead atoms. The number of para-hydroxylation sites is 1. The Morgan fingerprint density at radius 2 is 1.90 bits per heavy atom. The van der Waals surface area contributed by atoms with Gasteiger partial charge in [0.1, 0.15) is 0 Å². The monoisotopic (exact) mass is 432 g/mol. The number of aromatic nitrogens is 4. The molecule has 8 nitrogen and oxygen atoms in total. The van der Waals surface area contributed by atoms with Gasteiger partial charge in [0.2, 0.25) is 11.8 Å². The summed E-state index contributed by atoms with van der Waals surface area (Å²) in [7, 11) is 0. The number of anilines is 1. The highest BCUT2D eigenvalue weighted by Gasteiger charge is 2.31. The molecule has 0 radical (unpaired) electrons. The van der Waals surface area contributed by atoms with Crippen LogP contribution < -0.4 is 11.1 Å². The Morgan fingerprint density at radius 3 is 2.65 bits per heavy atom. The topological polar surface area (TPSA) is 119 Å². The minimum atomic E-state index is -0.501. The van der Waals surface area contributed by atoms with Crippen molar-refractivity contribution in [2.75, 3.05) is 11.1 Å². The highest BCUT2D eigenvalue weighted by atomic mass is 32.2. The molecule has 2 aromatic carbocycles. The number of carbonyl (C=O) groups excluding carboxylic acids is 2. The molecule has 0 atom stereocenters. The van der Waals surface area contributed by atoms with E-state index in [1.165, 1.54) is 11.8 Å². The number of carbonyl (C=O) groups is 2. The fourth-order valence-corrected chi connectivity index (χ4v) is 4.33. The van der Waals surface area contributed by atoms with Gasteiger partial charge in [0, 0.05) is 40.0 Å². The van der Waals surface area contributed by atoms with Gasteiger partial charge < -0.3 is 16.0 Å². The number of fused-ring (bicyclic) bond motifs is 1. The third kappa shape index (κ3) is 3.91. The maximum atomic E-state index is 12.4. The molecule has 5 rings (SSSR count). The maximum absolute atomic E-state index is 12.4. The Labute approximate surface area is 182 Å². The molecule has 2 heterocycles. The van der Waals surface area contributed by atoms with Crippen LogP contribution in [0.2, 0.25) is 0 Å². The van der Waals surface area contributed by atoms with Crippen LogP contribution in [0.4, 0.5) is 5.69 Å². The van der Waals surface area contributed by atoms with Crippen LogP contribution >= 0.6 is 11.8 Å². The van der Waals surface area contributed by atoms with Crippen molar-refractivity contribution >= 4 is 40.2 Å². The van der Waals surface area contributed by atoms with Gasteiger partial charge in [-0.2, -0.15) is 0 Å². The van der Waals surface area contributed by atoms with Gasteiger partial charge >= 0.3 is 0 Å². The zero-order valence-electron chi connectivity index (χ0n) is 16.5. The van der Waals surface area contributed by atoms with Crippen LogP contribution in [-0.2, 0) is 4.79 Å². The molecule has 0 saturated heterocycles. The standard InChI is InChI=1S/C22H20N6O2S/c23-20(30)13-5-7-14(8-6-13)25-19(29)12-31-22-27-26-21(28(22)15-9-10-15)17-11-24-18-4-2-1-3-16(17)18/h1-8,11,15,24H,9-10,12H2,(H2,23,30)(H,25,29). The van der Waals surface area contributed by atoms with E-state index >= 15 is 0 Å². The summed E-state index contributed by atoms with van der Waals surface area (Å²) in [5.74, 6) is 0.371. The number of benzene rings is 2. The number of nitrogens with zero attached hydrogens (tertiary/aromatic N) is 3. The molecule has 9 heteroatoms. The third-order valence-electron chi connectivity index (χ3n) is 5.19. The first-order chi connectivity index (χ1) is 15.1. The highest BCUT2D eigenvalue weighted by molar-refractivity contribution is 7.99. The fourth-order valence-electron chi connectivity index (χ4n) is 3.52. The Hall–Kier alpha value is -3.59. The number of rotatable bonds is 7. The van der Waals surface area contributed by atoms with Crippen molar-refractivity contribution < 1.29 is 9.59 Å². The van der Waals surface area contributed by atoms with Crippen molar-refractivity contribution in [1.82, 2.24) is 19.7 Å². The molecule has 2 amide bonds. The number of H-pyrrole nitrogens is 1. The first-order valence-corrected chi connectivity index (χ1v) is 10.9. The summed E-state index contributed by atoms with van der Waals surface area (Å²) in [5.41, 5.74) is 8.32. The number of thioether (sulfide) groups is 1. The summed E-state index contributed by atoms with van der Waals surface area (Å²) >= 11 is 1.37. The number of amides is 2. The number of primary amides is 1. The quantitative estimate of drug-likeness (QED) is 0.386. The second kappa shape index (κ2) is 7.92. The molecule has 4 N–H and O–H groups in total. The number of hydrogen-bond donors (Lipinski definition) is 3. The van der Waals surface area contributed by atoms with Gasteiger partial charge in [0.15, 0.2) is 11.0 Å². The zero-order chi connectivity index (χ0) is 21.4. The summed E-state index contributed by atoms with van der Waals surface area (Å²) in [6, 6.07) is 15.0. The summed E-state index contributed by atoms with van der Waals surface area (Å²) in [4.78, 5) is 26.9. The van der Waals surface area contributed by atoms with Gasteiger partial charge in [-0.1, -0.05) is 30.0 Å². The Kier molecular flexibility index (Phi) is 4.95. The van der Waals surface area contributed by atoms with E-state index in [9.17, 15) is 9.59 Å². The van der Waals surface area contributed by atoms with Crippen molar-refractivity contribution in [3.05, 3.63) is 60.3 Å². The van der Waals surface area contributed by atoms with Gasteiger partial charge in [-0.3, -0.25) is 14.2 Å². The second-order valence-corrected chi connectivity index (χ2v) is 8.38. The molecule has 0 spiro atoms. The van der Waals surface area contributed by atoms with Crippen LogP contribution in [0.15, 0.2) is 59.9 Å². The summed E-state index contributed by atoms with van der Waals surface area (Å²) in [6.45, 7) is 0. The van der Waals surface area contributed by atoms with Gasteiger partial charge in [-0.25, -0.2) is 0 Å². The SMILES string of the molecule is NC(=O)c1ccc(NC(=O)CSc2nnc(-c3c[nH]c4ccccc34)n2C2CC2)cc1. The normalized spacial score (nSPS) is 13.4. The average molecular weight is 433 g/mol. The molecule has 1 saturated carbocycles. The van der Waals surface area contributed by atoms with E-state index in [1.54, 1.807) is 24.3 Å². The Bertz CT molecular complexity index is 1270. The van der Waals surface area contributed by atoms with Crippen molar-refractivity contribution in [2.45, 2.75) is 24.0 Å². The number of hydrogen-bond acceptors (Lipinski definition) is 5. The van der Waals surface area contributed by atoms with E-state index in [2.05, 4.69) is 31.1 Å². The van der Waals surface area contributed by atoms with E-state index < -0.39 is 5.91 Å². The third-order valence-corrected chi connectivity index (χ3v) is 6.14. The lowest BCUT2D eigenvalue weighted by Crippen LogP contribution is -2.15. The minimum absolute atomic E-state index is 0.157. The van der Waals surface area contributed by atoms with E-state index in [0.29, 0.717) is 17.3 Å². The first-order valence-electron chi connectivity index (χ1n) is 9.94. The molecule has 0 unspecified atom stereocenters. The molecular formula is C22H20N6O2S. The van der Waals surface area contributed by atoms with E-state index in [4.69, 9.17) is 5.73 Å². The summed E-state index contributed by atoms with van der Waals surface area (Å²) < 4.78 is 2.15. The van der Waals surface area contributed by atoms with Crippen LogP contribution in [0.1, 0.15) is 29.2 Å². The lowest BCUT2D eigenvalue weighted by atomic mass is 10.1. The van der Waals surface area contributed by atoms with Gasteiger partial charge in [-0.05, 0) is 43.2 Å². The second-order valence-electron chi connectivity index (χ2n) is 7.43. The van der Waals surface area contributed by atoms with E-state index in [-0.39, 0.29) is 11.7 Å². The van der Waals surface area contributed by atoms with Crippen LogP contribution in [-0.4, -0.2) is 37.3 Å². The summed E-state index contributed by atoms with van der Waals surface area (Å²) in [5, 5.41) is 13.5. The maximum Gasteiger partial charge on any atom is 0.248 e. The molecule has 31 heavy (non-hydrogen) atoms. The van der Waals surface area contributed by atoms with Crippen molar-refractivity contribution in [1.29, 1.82) is 0 Å². The van der Waals surface area contributed by atoms with Crippen LogP contribution in [0.3, 0.4) is 0 Å².